The van der Waals surface area contributed by atoms with Crippen molar-refractivity contribution in [2.75, 3.05) is 5.32 Å². The van der Waals surface area contributed by atoms with Crippen molar-refractivity contribution in [3.63, 3.8) is 0 Å². The van der Waals surface area contributed by atoms with E-state index >= 15 is 0 Å². The van der Waals surface area contributed by atoms with E-state index in [1.54, 1.807) is 18.3 Å². The van der Waals surface area contributed by atoms with Gasteiger partial charge in [0.15, 0.2) is 5.82 Å². The highest BCUT2D eigenvalue weighted by Crippen LogP contribution is 2.24. The molecule has 0 atom stereocenters. The summed E-state index contributed by atoms with van der Waals surface area (Å²) in [6.45, 7) is 2.36. The lowest BCUT2D eigenvalue weighted by Gasteiger charge is -2.03. The van der Waals surface area contributed by atoms with Crippen LogP contribution in [0.2, 0.25) is 0 Å². The minimum atomic E-state index is 0.576. The third-order valence-corrected chi connectivity index (χ3v) is 3.37. The molecule has 3 aromatic rings. The van der Waals surface area contributed by atoms with Crippen LogP contribution in [0.25, 0.3) is 10.1 Å². The van der Waals surface area contributed by atoms with Gasteiger partial charge in [-0.2, -0.15) is 4.98 Å². The van der Waals surface area contributed by atoms with Gasteiger partial charge in [-0.25, -0.2) is 0 Å². The molecular formula is C12H11N3OS. The van der Waals surface area contributed by atoms with Gasteiger partial charge in [0, 0.05) is 17.3 Å². The van der Waals surface area contributed by atoms with Gasteiger partial charge in [0.25, 0.3) is 0 Å². The summed E-state index contributed by atoms with van der Waals surface area (Å²) < 4.78 is 6.21. The number of rotatable bonds is 3. The number of aryl methyl sites for hydroxylation is 1. The maximum atomic E-state index is 4.91. The fraction of sp³-hybridized carbons (Fsp3) is 0.167. The number of thiophene rings is 1. The van der Waals surface area contributed by atoms with E-state index in [1.807, 2.05) is 0 Å². The van der Waals surface area contributed by atoms with Gasteiger partial charge in [-0.3, -0.25) is 0 Å². The lowest BCUT2D eigenvalue weighted by Crippen LogP contribution is -2.00. The molecule has 0 saturated carbocycles. The zero-order chi connectivity index (χ0) is 11.7. The molecule has 2 heterocycles. The van der Waals surface area contributed by atoms with Crippen LogP contribution in [0, 0.1) is 6.92 Å². The first-order valence-corrected chi connectivity index (χ1v) is 6.19. The Morgan fingerprint density at radius 1 is 1.35 bits per heavy atom. The van der Waals surface area contributed by atoms with Crippen LogP contribution in [0.4, 0.5) is 5.69 Å². The van der Waals surface area contributed by atoms with Crippen molar-refractivity contribution in [2.24, 2.45) is 0 Å². The molecular weight excluding hydrogens is 234 g/mol. The summed E-state index contributed by atoms with van der Waals surface area (Å²) >= 11 is 1.75. The third kappa shape index (κ3) is 2.14. The molecule has 0 amide bonds. The standard InChI is InChI=1S/C12H11N3OS/c1-8-14-12(15-16-8)7-13-10-2-3-11-9(6-10)4-5-17-11/h2-6,13H,7H2,1H3. The van der Waals surface area contributed by atoms with Gasteiger partial charge < -0.3 is 9.84 Å². The van der Waals surface area contributed by atoms with E-state index in [1.165, 1.54) is 10.1 Å². The van der Waals surface area contributed by atoms with E-state index in [0.29, 0.717) is 18.3 Å². The highest BCUT2D eigenvalue weighted by Gasteiger charge is 2.02. The molecule has 0 fully saturated rings. The number of anilines is 1. The van der Waals surface area contributed by atoms with E-state index < -0.39 is 0 Å². The number of benzene rings is 1. The zero-order valence-electron chi connectivity index (χ0n) is 9.30. The molecule has 86 valence electrons. The summed E-state index contributed by atoms with van der Waals surface area (Å²) in [5.41, 5.74) is 1.07. The first-order chi connectivity index (χ1) is 8.31. The van der Waals surface area contributed by atoms with Gasteiger partial charge in [0.05, 0.1) is 6.54 Å². The predicted octanol–water partition coefficient (Wildman–Crippen LogP) is 3.20. The van der Waals surface area contributed by atoms with Gasteiger partial charge in [0.2, 0.25) is 5.89 Å². The molecule has 0 aliphatic heterocycles. The fourth-order valence-electron chi connectivity index (χ4n) is 1.67. The molecule has 2 aromatic heterocycles. The van der Waals surface area contributed by atoms with E-state index in [4.69, 9.17) is 4.52 Å². The molecule has 0 radical (unpaired) electrons. The first-order valence-electron chi connectivity index (χ1n) is 5.31. The SMILES string of the molecule is Cc1nc(CNc2ccc3sccc3c2)no1. The molecule has 4 nitrogen and oxygen atoms in total. The Morgan fingerprint density at radius 3 is 3.12 bits per heavy atom. The second-order valence-corrected chi connectivity index (χ2v) is 4.70. The Kier molecular flexibility index (Phi) is 2.53. The fourth-order valence-corrected chi connectivity index (χ4v) is 2.44. The number of hydrogen-bond acceptors (Lipinski definition) is 5. The van der Waals surface area contributed by atoms with Crippen LogP contribution in [0.5, 0.6) is 0 Å². The topological polar surface area (TPSA) is 51.0 Å². The molecule has 0 bridgehead atoms. The van der Waals surface area contributed by atoms with Crippen molar-refractivity contribution >= 4 is 27.1 Å². The Labute approximate surface area is 102 Å². The van der Waals surface area contributed by atoms with E-state index in [9.17, 15) is 0 Å². The van der Waals surface area contributed by atoms with Gasteiger partial charge in [-0.05, 0) is 35.0 Å². The number of nitrogens with one attached hydrogen (secondary N) is 1. The summed E-state index contributed by atoms with van der Waals surface area (Å²) in [6.07, 6.45) is 0. The normalized spacial score (nSPS) is 10.9. The van der Waals surface area contributed by atoms with Crippen LogP contribution >= 0.6 is 11.3 Å². The van der Waals surface area contributed by atoms with Crippen molar-refractivity contribution in [1.29, 1.82) is 0 Å². The maximum Gasteiger partial charge on any atom is 0.223 e. The van der Waals surface area contributed by atoms with Crippen LogP contribution in [-0.4, -0.2) is 10.1 Å². The Bertz CT molecular complexity index is 644. The molecule has 0 aliphatic rings. The van der Waals surface area contributed by atoms with Crippen LogP contribution in [0.1, 0.15) is 11.7 Å². The predicted molar refractivity (Wildman–Crippen MR) is 68.2 cm³/mol. The highest BCUT2D eigenvalue weighted by molar-refractivity contribution is 7.17. The number of nitrogens with zero attached hydrogens (tertiary/aromatic N) is 2. The summed E-state index contributed by atoms with van der Waals surface area (Å²) in [5.74, 6) is 1.27. The first kappa shape index (κ1) is 10.3. The summed E-state index contributed by atoms with van der Waals surface area (Å²) in [6, 6.07) is 8.41. The van der Waals surface area contributed by atoms with Crippen LogP contribution < -0.4 is 5.32 Å². The zero-order valence-corrected chi connectivity index (χ0v) is 10.1. The summed E-state index contributed by atoms with van der Waals surface area (Å²) in [4.78, 5) is 4.14. The number of fused-ring (bicyclic) bond motifs is 1. The minimum absolute atomic E-state index is 0.576. The minimum Gasteiger partial charge on any atom is -0.378 e. The Hall–Kier alpha value is -1.88. The van der Waals surface area contributed by atoms with Gasteiger partial charge in [0.1, 0.15) is 0 Å². The van der Waals surface area contributed by atoms with Crippen molar-refractivity contribution < 1.29 is 4.52 Å². The van der Waals surface area contributed by atoms with E-state index in [2.05, 4.69) is 45.1 Å². The van der Waals surface area contributed by atoms with Crippen molar-refractivity contribution in [2.45, 2.75) is 13.5 Å². The van der Waals surface area contributed by atoms with Crippen LogP contribution in [0.3, 0.4) is 0 Å². The summed E-state index contributed by atoms with van der Waals surface area (Å²) in [5, 5.41) is 10.5. The van der Waals surface area contributed by atoms with Crippen molar-refractivity contribution in [3.8, 4) is 0 Å². The van der Waals surface area contributed by atoms with Gasteiger partial charge in [-0.15, -0.1) is 11.3 Å². The monoisotopic (exact) mass is 245 g/mol. The molecule has 0 aliphatic carbocycles. The van der Waals surface area contributed by atoms with Crippen molar-refractivity contribution in [1.82, 2.24) is 10.1 Å². The van der Waals surface area contributed by atoms with E-state index in [0.717, 1.165) is 5.69 Å². The number of aromatic nitrogens is 2. The largest absolute Gasteiger partial charge is 0.378 e. The van der Waals surface area contributed by atoms with Crippen LogP contribution in [0.15, 0.2) is 34.2 Å². The average Bonchev–Trinajstić information content (AvgIpc) is 2.94. The van der Waals surface area contributed by atoms with Crippen LogP contribution in [-0.2, 0) is 6.54 Å². The quantitative estimate of drug-likeness (QED) is 0.769. The highest BCUT2D eigenvalue weighted by atomic mass is 32.1. The van der Waals surface area contributed by atoms with Gasteiger partial charge >= 0.3 is 0 Å². The Balaban J connectivity index is 1.76. The van der Waals surface area contributed by atoms with E-state index in [-0.39, 0.29) is 0 Å². The lowest BCUT2D eigenvalue weighted by atomic mass is 10.2. The summed E-state index contributed by atoms with van der Waals surface area (Å²) in [7, 11) is 0. The molecule has 3 rings (SSSR count). The average molecular weight is 245 g/mol. The molecule has 0 saturated heterocycles. The molecule has 17 heavy (non-hydrogen) atoms. The maximum absolute atomic E-state index is 4.91. The molecule has 0 spiro atoms. The lowest BCUT2D eigenvalue weighted by molar-refractivity contribution is 0.388. The third-order valence-electron chi connectivity index (χ3n) is 2.47. The number of hydrogen-bond donors (Lipinski definition) is 1. The molecule has 1 aromatic carbocycles. The second kappa shape index (κ2) is 4.18. The second-order valence-electron chi connectivity index (χ2n) is 3.76. The smallest absolute Gasteiger partial charge is 0.223 e. The Morgan fingerprint density at radius 2 is 2.29 bits per heavy atom. The molecule has 0 unspecified atom stereocenters. The van der Waals surface area contributed by atoms with Gasteiger partial charge in [-0.1, -0.05) is 5.16 Å². The van der Waals surface area contributed by atoms with Crippen molar-refractivity contribution in [3.05, 3.63) is 41.4 Å². The molecule has 5 heteroatoms. The molecule has 1 N–H and O–H groups in total.